The predicted molar refractivity (Wildman–Crippen MR) is 88.2 cm³/mol. The number of halogens is 1. The molecule has 0 bridgehead atoms. The Bertz CT molecular complexity index is 818. The molecule has 4 nitrogen and oxygen atoms in total. The van der Waals surface area contributed by atoms with E-state index in [4.69, 9.17) is 4.42 Å². The number of carbonyl (C=O) groups excluding carboxylic acids is 1. The molecular weight excluding hydrogens is 352 g/mol. The summed E-state index contributed by atoms with van der Waals surface area (Å²) in [5, 5.41) is 0.674. The number of aromatic nitrogens is 1. The summed E-state index contributed by atoms with van der Waals surface area (Å²) in [6, 6.07) is 5.91. The first-order chi connectivity index (χ1) is 9.97. The summed E-state index contributed by atoms with van der Waals surface area (Å²) in [6.45, 7) is 3.66. The Balaban J connectivity index is 2.00. The van der Waals surface area contributed by atoms with Crippen molar-refractivity contribution in [3.63, 3.8) is 0 Å². The number of fused-ring (bicyclic) bond motifs is 1. The van der Waals surface area contributed by atoms with Gasteiger partial charge >= 0.3 is 0 Å². The van der Waals surface area contributed by atoms with Crippen LogP contribution in [-0.4, -0.2) is 17.9 Å². The number of aryl methyl sites for hydroxylation is 2. The minimum Gasteiger partial charge on any atom is -0.469 e. The van der Waals surface area contributed by atoms with Gasteiger partial charge in [0.2, 0.25) is 0 Å². The third kappa shape index (κ3) is 2.49. The predicted octanol–water partition coefficient (Wildman–Crippen LogP) is 4.55. The number of carbonyl (C=O) groups is 1. The average Bonchev–Trinajstić information content (AvgIpc) is 3.00. The fraction of sp³-hybridized carbons (Fsp3) is 0.200. The molecule has 108 valence electrons. The minimum absolute atomic E-state index is 0.100. The van der Waals surface area contributed by atoms with Crippen molar-refractivity contribution >= 4 is 48.5 Å². The Hall–Kier alpha value is -1.66. The van der Waals surface area contributed by atoms with E-state index in [2.05, 4.69) is 20.9 Å². The summed E-state index contributed by atoms with van der Waals surface area (Å²) in [7, 11) is 1.74. The maximum atomic E-state index is 12.6. The van der Waals surface area contributed by atoms with E-state index in [-0.39, 0.29) is 5.91 Å². The number of hydrogen-bond acceptors (Lipinski definition) is 4. The van der Waals surface area contributed by atoms with Crippen LogP contribution in [0, 0.1) is 13.8 Å². The van der Waals surface area contributed by atoms with Crippen LogP contribution in [0.4, 0.5) is 5.13 Å². The lowest BCUT2D eigenvalue weighted by Crippen LogP contribution is -2.26. The fourth-order valence-corrected chi connectivity index (χ4v) is 3.43. The molecule has 0 aliphatic carbocycles. The molecule has 3 rings (SSSR count). The van der Waals surface area contributed by atoms with Gasteiger partial charge in [-0.05, 0) is 32.0 Å². The van der Waals surface area contributed by atoms with Gasteiger partial charge in [0.15, 0.2) is 5.13 Å². The molecule has 0 saturated carbocycles. The largest absolute Gasteiger partial charge is 0.469 e. The highest BCUT2D eigenvalue weighted by Crippen LogP contribution is 2.31. The summed E-state index contributed by atoms with van der Waals surface area (Å²) in [5.41, 5.74) is 2.33. The van der Waals surface area contributed by atoms with E-state index in [1.165, 1.54) is 11.3 Å². The van der Waals surface area contributed by atoms with Crippen molar-refractivity contribution in [3.8, 4) is 0 Å². The molecule has 2 heterocycles. The highest BCUT2D eigenvalue weighted by Gasteiger charge is 2.22. The van der Waals surface area contributed by atoms with Crippen LogP contribution in [0.5, 0.6) is 0 Å². The summed E-state index contributed by atoms with van der Waals surface area (Å²) in [4.78, 5) is 18.7. The third-order valence-electron chi connectivity index (χ3n) is 3.30. The van der Waals surface area contributed by atoms with Gasteiger partial charge in [0.05, 0.1) is 22.0 Å². The summed E-state index contributed by atoms with van der Waals surface area (Å²) < 4.78 is 7.33. The van der Waals surface area contributed by atoms with Crippen molar-refractivity contribution < 1.29 is 9.21 Å². The zero-order valence-electron chi connectivity index (χ0n) is 11.8. The molecule has 6 heteroatoms. The van der Waals surface area contributed by atoms with Crippen LogP contribution in [0.15, 0.2) is 33.4 Å². The second kappa shape index (κ2) is 5.27. The van der Waals surface area contributed by atoms with Gasteiger partial charge in [0, 0.05) is 17.1 Å². The third-order valence-corrected chi connectivity index (χ3v) is 4.91. The van der Waals surface area contributed by atoms with Gasteiger partial charge in [-0.1, -0.05) is 27.3 Å². The molecule has 0 N–H and O–H groups in total. The monoisotopic (exact) mass is 364 g/mol. The van der Waals surface area contributed by atoms with Crippen molar-refractivity contribution in [2.24, 2.45) is 0 Å². The van der Waals surface area contributed by atoms with Crippen LogP contribution < -0.4 is 4.90 Å². The van der Waals surface area contributed by atoms with Crippen molar-refractivity contribution in [2.45, 2.75) is 13.8 Å². The van der Waals surface area contributed by atoms with Gasteiger partial charge in [-0.25, -0.2) is 4.98 Å². The Kier molecular flexibility index (Phi) is 3.59. The molecule has 0 unspecified atom stereocenters. The highest BCUT2D eigenvalue weighted by molar-refractivity contribution is 9.10. The van der Waals surface area contributed by atoms with E-state index >= 15 is 0 Å². The molecule has 0 saturated heterocycles. The molecule has 21 heavy (non-hydrogen) atoms. The van der Waals surface area contributed by atoms with Crippen LogP contribution >= 0.6 is 27.3 Å². The Morgan fingerprint density at radius 3 is 2.81 bits per heavy atom. The summed E-state index contributed by atoms with van der Waals surface area (Å²) in [5.74, 6) is 0.532. The SMILES string of the molecule is Cc1coc(C)c1C(=O)N(C)c1nc2cc(Br)ccc2s1. The molecule has 0 radical (unpaired) electrons. The first-order valence-electron chi connectivity index (χ1n) is 6.36. The van der Waals surface area contributed by atoms with Gasteiger partial charge in [-0.15, -0.1) is 0 Å². The standard InChI is InChI=1S/C15H13BrN2O2S/c1-8-7-20-9(2)13(8)14(19)18(3)15-17-11-6-10(16)4-5-12(11)21-15/h4-7H,1-3H3. The smallest absolute Gasteiger partial charge is 0.263 e. The molecule has 0 aliphatic rings. The quantitative estimate of drug-likeness (QED) is 0.670. The molecule has 3 aromatic rings. The Morgan fingerprint density at radius 1 is 1.38 bits per heavy atom. The minimum atomic E-state index is -0.100. The van der Waals surface area contributed by atoms with Crippen molar-refractivity contribution in [1.82, 2.24) is 4.98 Å². The number of nitrogens with zero attached hydrogens (tertiary/aromatic N) is 2. The van der Waals surface area contributed by atoms with Crippen molar-refractivity contribution in [2.75, 3.05) is 11.9 Å². The molecule has 0 aliphatic heterocycles. The van der Waals surface area contributed by atoms with Crippen LogP contribution in [0.1, 0.15) is 21.7 Å². The van der Waals surface area contributed by atoms with Crippen molar-refractivity contribution in [1.29, 1.82) is 0 Å². The first-order valence-corrected chi connectivity index (χ1v) is 7.97. The maximum Gasteiger partial charge on any atom is 0.263 e. The van der Waals surface area contributed by atoms with Crippen molar-refractivity contribution in [3.05, 3.63) is 45.8 Å². The number of thiazole rings is 1. The number of rotatable bonds is 2. The summed E-state index contributed by atoms with van der Waals surface area (Å²) >= 11 is 4.92. The van der Waals surface area contributed by atoms with E-state index in [0.717, 1.165) is 20.3 Å². The second-order valence-corrected chi connectivity index (χ2v) is 6.75. The maximum absolute atomic E-state index is 12.6. The average molecular weight is 365 g/mol. The van der Waals surface area contributed by atoms with Crippen LogP contribution in [0.25, 0.3) is 10.2 Å². The number of furan rings is 1. The zero-order chi connectivity index (χ0) is 15.1. The number of hydrogen-bond donors (Lipinski definition) is 0. The van der Waals surface area contributed by atoms with E-state index in [9.17, 15) is 4.79 Å². The lowest BCUT2D eigenvalue weighted by atomic mass is 10.1. The molecule has 1 aromatic carbocycles. The number of amides is 1. The molecule has 0 atom stereocenters. The normalized spacial score (nSPS) is 11.0. The first kappa shape index (κ1) is 14.3. The van der Waals surface area contributed by atoms with Gasteiger partial charge in [-0.2, -0.15) is 0 Å². The van der Waals surface area contributed by atoms with Crippen LogP contribution in [0.3, 0.4) is 0 Å². The highest BCUT2D eigenvalue weighted by atomic mass is 79.9. The van der Waals surface area contributed by atoms with Gasteiger partial charge in [0.1, 0.15) is 5.76 Å². The van der Waals surface area contributed by atoms with E-state index in [0.29, 0.717) is 16.5 Å². The van der Waals surface area contributed by atoms with Crippen LogP contribution in [0.2, 0.25) is 0 Å². The molecule has 0 spiro atoms. The van der Waals surface area contributed by atoms with Gasteiger partial charge in [0.25, 0.3) is 5.91 Å². The van der Waals surface area contributed by atoms with Crippen LogP contribution in [-0.2, 0) is 0 Å². The number of anilines is 1. The molecule has 2 aromatic heterocycles. The second-order valence-electron chi connectivity index (χ2n) is 4.82. The molecule has 1 amide bonds. The van der Waals surface area contributed by atoms with Gasteiger partial charge in [-0.3, -0.25) is 9.69 Å². The van der Waals surface area contributed by atoms with E-state index in [1.54, 1.807) is 25.1 Å². The fourth-order valence-electron chi connectivity index (χ4n) is 2.18. The lowest BCUT2D eigenvalue weighted by molar-refractivity contribution is 0.0991. The Labute approximate surface area is 134 Å². The van der Waals surface area contributed by atoms with E-state index < -0.39 is 0 Å². The summed E-state index contributed by atoms with van der Waals surface area (Å²) in [6.07, 6.45) is 1.60. The zero-order valence-corrected chi connectivity index (χ0v) is 14.2. The van der Waals surface area contributed by atoms with E-state index in [1.807, 2.05) is 25.1 Å². The topological polar surface area (TPSA) is 46.3 Å². The lowest BCUT2D eigenvalue weighted by Gasteiger charge is -2.13. The Morgan fingerprint density at radius 2 is 2.14 bits per heavy atom. The van der Waals surface area contributed by atoms with Gasteiger partial charge < -0.3 is 4.42 Å². The molecule has 0 fully saturated rings. The molecular formula is C15H13BrN2O2S. The number of benzene rings is 1.